The molecule has 0 heterocycles. The van der Waals surface area contributed by atoms with Crippen molar-refractivity contribution in [2.45, 2.75) is 37.5 Å². The van der Waals surface area contributed by atoms with Crippen molar-refractivity contribution in [3.8, 4) is 16.9 Å². The first-order valence-corrected chi connectivity index (χ1v) is 9.71. The van der Waals surface area contributed by atoms with E-state index in [-0.39, 0.29) is 17.0 Å². The second-order valence-corrected chi connectivity index (χ2v) is 7.93. The molecule has 0 aliphatic heterocycles. The van der Waals surface area contributed by atoms with Gasteiger partial charge in [-0.25, -0.2) is 4.39 Å². The van der Waals surface area contributed by atoms with E-state index in [4.69, 9.17) is 4.74 Å². The van der Waals surface area contributed by atoms with E-state index in [1.54, 1.807) is 17.8 Å². The van der Waals surface area contributed by atoms with Gasteiger partial charge in [0.2, 0.25) is 0 Å². The molecule has 0 saturated heterocycles. The fraction of sp³-hybridized carbons (Fsp3) is 0.429. The molecular formula is C21H28FNOS. The Morgan fingerprint density at radius 2 is 1.80 bits per heavy atom. The third-order valence-corrected chi connectivity index (χ3v) is 5.61. The van der Waals surface area contributed by atoms with Crippen molar-refractivity contribution >= 4 is 17.4 Å². The van der Waals surface area contributed by atoms with Crippen molar-refractivity contribution in [3.63, 3.8) is 0 Å². The summed E-state index contributed by atoms with van der Waals surface area (Å²) in [4.78, 5) is 3.28. The van der Waals surface area contributed by atoms with Gasteiger partial charge in [-0.3, -0.25) is 0 Å². The molecule has 136 valence electrons. The number of rotatable bonds is 6. The molecule has 0 radical (unpaired) electrons. The van der Waals surface area contributed by atoms with E-state index < -0.39 is 0 Å². The van der Waals surface area contributed by atoms with E-state index in [9.17, 15) is 4.39 Å². The highest BCUT2D eigenvalue weighted by atomic mass is 32.2. The van der Waals surface area contributed by atoms with Crippen LogP contribution in [0.15, 0.2) is 35.2 Å². The average molecular weight is 362 g/mol. The van der Waals surface area contributed by atoms with Gasteiger partial charge in [0.1, 0.15) is 0 Å². The van der Waals surface area contributed by atoms with Crippen LogP contribution in [-0.2, 0) is 5.41 Å². The van der Waals surface area contributed by atoms with Crippen LogP contribution < -0.4 is 9.64 Å². The lowest BCUT2D eigenvalue weighted by molar-refractivity contribution is 0.385. The quantitative estimate of drug-likeness (QED) is 0.588. The van der Waals surface area contributed by atoms with Crippen LogP contribution in [0.3, 0.4) is 0 Å². The first-order chi connectivity index (χ1) is 11.7. The average Bonchev–Trinajstić information content (AvgIpc) is 2.60. The molecule has 0 aliphatic rings. The number of nitrogens with zero attached hydrogens (tertiary/aromatic N) is 1. The molecule has 0 bridgehead atoms. The molecule has 0 aromatic heterocycles. The smallest absolute Gasteiger partial charge is 0.165 e. The predicted octanol–water partition coefficient (Wildman–Crippen LogP) is 5.98. The summed E-state index contributed by atoms with van der Waals surface area (Å²) < 4.78 is 19.7. The van der Waals surface area contributed by atoms with Crippen LogP contribution >= 0.6 is 11.8 Å². The van der Waals surface area contributed by atoms with E-state index in [2.05, 4.69) is 50.1 Å². The molecule has 0 N–H and O–H groups in total. The Labute approximate surface area is 155 Å². The van der Waals surface area contributed by atoms with Gasteiger partial charge in [-0.15, -0.1) is 11.8 Å². The van der Waals surface area contributed by atoms with Crippen LogP contribution in [0, 0.1) is 5.82 Å². The standard InChI is InChI=1S/C21H28FNOS/c1-8-21(2,3)17-13-18(22)20(24-6)12-15(17)16-11-14(25-7)9-10-19(16)23(4)5/h9-13H,8H2,1-7H3. The summed E-state index contributed by atoms with van der Waals surface area (Å²) in [5.41, 5.74) is 4.12. The molecule has 0 aliphatic carbocycles. The lowest BCUT2D eigenvalue weighted by atomic mass is 9.77. The maximum absolute atomic E-state index is 14.5. The number of benzene rings is 2. The Morgan fingerprint density at radius 1 is 1.12 bits per heavy atom. The van der Waals surface area contributed by atoms with Crippen LogP contribution in [0.1, 0.15) is 32.8 Å². The molecule has 25 heavy (non-hydrogen) atoms. The third kappa shape index (κ3) is 3.95. The summed E-state index contributed by atoms with van der Waals surface area (Å²) >= 11 is 1.71. The Bertz CT molecular complexity index is 756. The molecule has 0 unspecified atom stereocenters. The first kappa shape index (κ1) is 19.6. The maximum atomic E-state index is 14.5. The van der Waals surface area contributed by atoms with Gasteiger partial charge in [-0.1, -0.05) is 20.8 Å². The molecule has 2 nitrogen and oxygen atoms in total. The normalized spacial score (nSPS) is 11.5. The Kier molecular flexibility index (Phi) is 6.04. The van der Waals surface area contributed by atoms with Gasteiger partial charge in [0, 0.05) is 30.2 Å². The van der Waals surface area contributed by atoms with Crippen LogP contribution in [0.2, 0.25) is 0 Å². The van der Waals surface area contributed by atoms with Gasteiger partial charge in [0.25, 0.3) is 0 Å². The van der Waals surface area contributed by atoms with Crippen molar-refractivity contribution in [2.24, 2.45) is 0 Å². The minimum absolute atomic E-state index is 0.138. The lowest BCUT2D eigenvalue weighted by Gasteiger charge is -2.29. The van der Waals surface area contributed by atoms with Crippen LogP contribution in [-0.4, -0.2) is 27.5 Å². The van der Waals surface area contributed by atoms with Crippen LogP contribution in [0.4, 0.5) is 10.1 Å². The topological polar surface area (TPSA) is 12.5 Å². The molecule has 2 rings (SSSR count). The monoisotopic (exact) mass is 361 g/mol. The highest BCUT2D eigenvalue weighted by molar-refractivity contribution is 7.98. The third-order valence-electron chi connectivity index (χ3n) is 4.88. The minimum Gasteiger partial charge on any atom is -0.494 e. The second-order valence-electron chi connectivity index (χ2n) is 7.05. The van der Waals surface area contributed by atoms with Crippen molar-refractivity contribution < 1.29 is 9.13 Å². The molecule has 4 heteroatoms. The number of thioether (sulfide) groups is 1. The zero-order valence-electron chi connectivity index (χ0n) is 16.2. The van der Waals surface area contributed by atoms with Crippen LogP contribution in [0.5, 0.6) is 5.75 Å². The van der Waals surface area contributed by atoms with E-state index in [0.717, 1.165) is 28.8 Å². The van der Waals surface area contributed by atoms with Crippen molar-refractivity contribution in [1.82, 2.24) is 0 Å². The van der Waals surface area contributed by atoms with E-state index in [1.807, 2.05) is 20.2 Å². The Morgan fingerprint density at radius 3 is 2.32 bits per heavy atom. The van der Waals surface area contributed by atoms with E-state index >= 15 is 0 Å². The van der Waals surface area contributed by atoms with Crippen molar-refractivity contribution in [1.29, 1.82) is 0 Å². The minimum atomic E-state index is -0.310. The fourth-order valence-corrected chi connectivity index (χ4v) is 3.37. The number of hydrogen-bond donors (Lipinski definition) is 0. The van der Waals surface area contributed by atoms with Gasteiger partial charge in [-0.05, 0) is 59.6 Å². The summed E-state index contributed by atoms with van der Waals surface area (Å²) in [6.07, 6.45) is 2.99. The molecule has 0 fully saturated rings. The highest BCUT2D eigenvalue weighted by Gasteiger charge is 2.26. The Hall–Kier alpha value is -1.68. The van der Waals surface area contributed by atoms with E-state index in [0.29, 0.717) is 0 Å². The summed E-state index contributed by atoms with van der Waals surface area (Å²) in [5.74, 6) is -0.0277. The number of halogens is 1. The fourth-order valence-electron chi connectivity index (χ4n) is 2.93. The number of ether oxygens (including phenoxy) is 1. The molecule has 0 saturated carbocycles. The van der Waals surface area contributed by atoms with Gasteiger partial charge < -0.3 is 9.64 Å². The SMILES string of the molecule is CCC(C)(C)c1cc(F)c(OC)cc1-c1cc(SC)ccc1N(C)C. The van der Waals surface area contributed by atoms with E-state index in [1.165, 1.54) is 12.0 Å². The molecule has 2 aromatic rings. The number of methoxy groups -OCH3 is 1. The van der Waals surface area contributed by atoms with Gasteiger partial charge in [0.15, 0.2) is 11.6 Å². The van der Waals surface area contributed by atoms with Crippen molar-refractivity contribution in [2.75, 3.05) is 32.4 Å². The summed E-state index contributed by atoms with van der Waals surface area (Å²) in [7, 11) is 5.57. The number of anilines is 1. The summed E-state index contributed by atoms with van der Waals surface area (Å²) in [5, 5.41) is 0. The molecule has 0 amide bonds. The van der Waals surface area contributed by atoms with Gasteiger partial charge in [0.05, 0.1) is 7.11 Å². The highest BCUT2D eigenvalue weighted by Crippen LogP contribution is 2.43. The van der Waals surface area contributed by atoms with Gasteiger partial charge in [-0.2, -0.15) is 0 Å². The zero-order valence-corrected chi connectivity index (χ0v) is 17.1. The number of hydrogen-bond acceptors (Lipinski definition) is 3. The predicted molar refractivity (Wildman–Crippen MR) is 108 cm³/mol. The molecule has 0 atom stereocenters. The first-order valence-electron chi connectivity index (χ1n) is 8.49. The summed E-state index contributed by atoms with van der Waals surface area (Å²) in [6.45, 7) is 6.45. The van der Waals surface area contributed by atoms with Gasteiger partial charge >= 0.3 is 0 Å². The zero-order chi connectivity index (χ0) is 18.8. The molecule has 2 aromatic carbocycles. The van der Waals surface area contributed by atoms with Crippen molar-refractivity contribution in [3.05, 3.63) is 41.7 Å². The molecular weight excluding hydrogens is 333 g/mol. The molecule has 0 spiro atoms. The maximum Gasteiger partial charge on any atom is 0.165 e. The largest absolute Gasteiger partial charge is 0.494 e. The summed E-state index contributed by atoms with van der Waals surface area (Å²) in [6, 6.07) is 9.91. The lowest BCUT2D eigenvalue weighted by Crippen LogP contribution is -2.18. The van der Waals surface area contributed by atoms with Crippen LogP contribution in [0.25, 0.3) is 11.1 Å². The Balaban J connectivity index is 2.85. The second kappa shape index (κ2) is 7.69.